The number of nitrogens with zero attached hydrogens (tertiary/aromatic N) is 4. The van der Waals surface area contributed by atoms with Crippen molar-refractivity contribution in [3.63, 3.8) is 0 Å². The standard InChI is InChI=1S/C20H24N6O/c21-17-6-10-25(14-17)13-15-2-4-16(5-3-15)20-23-18(12-19(27)24-20)7-11-26-9-1-8-22-26/h1-5,8-9,12,17H,6-7,10-11,13-14,21H2,(H,23,24,27)/t17-/m1/s1. The fourth-order valence-electron chi connectivity index (χ4n) is 3.47. The molecule has 0 bridgehead atoms. The summed E-state index contributed by atoms with van der Waals surface area (Å²) in [5.41, 5.74) is 8.76. The van der Waals surface area contributed by atoms with E-state index in [0.717, 1.165) is 37.3 Å². The van der Waals surface area contributed by atoms with Gasteiger partial charge in [0.15, 0.2) is 0 Å². The fraction of sp³-hybridized carbons (Fsp3) is 0.350. The Morgan fingerprint density at radius 1 is 1.26 bits per heavy atom. The SMILES string of the molecule is N[C@@H]1CCN(Cc2ccc(-c3nc(CCn4cccn4)cc(=O)[nH]3)cc2)C1. The minimum absolute atomic E-state index is 0.134. The van der Waals surface area contributed by atoms with Crippen LogP contribution in [0.3, 0.4) is 0 Å². The number of nitrogens with one attached hydrogen (secondary N) is 1. The highest BCUT2D eigenvalue weighted by molar-refractivity contribution is 5.55. The Morgan fingerprint density at radius 2 is 2.11 bits per heavy atom. The largest absolute Gasteiger partial charge is 0.326 e. The lowest BCUT2D eigenvalue weighted by atomic mass is 10.1. The van der Waals surface area contributed by atoms with Crippen LogP contribution in [0.15, 0.2) is 53.6 Å². The monoisotopic (exact) mass is 364 g/mol. The predicted molar refractivity (Wildman–Crippen MR) is 104 cm³/mol. The van der Waals surface area contributed by atoms with E-state index in [1.54, 1.807) is 12.3 Å². The van der Waals surface area contributed by atoms with Crippen LogP contribution in [0.4, 0.5) is 0 Å². The molecule has 1 aliphatic rings. The van der Waals surface area contributed by atoms with Crippen LogP contribution in [-0.4, -0.2) is 43.8 Å². The van der Waals surface area contributed by atoms with Gasteiger partial charge >= 0.3 is 0 Å². The molecule has 4 rings (SSSR count). The quantitative estimate of drug-likeness (QED) is 0.690. The van der Waals surface area contributed by atoms with Gasteiger partial charge in [0.05, 0.1) is 5.69 Å². The van der Waals surface area contributed by atoms with Crippen LogP contribution >= 0.6 is 0 Å². The average molecular weight is 364 g/mol. The van der Waals surface area contributed by atoms with Crippen molar-refractivity contribution in [2.45, 2.75) is 32.0 Å². The predicted octanol–water partition coefficient (Wildman–Crippen LogP) is 1.41. The maximum atomic E-state index is 12.0. The molecule has 3 aromatic rings. The first kappa shape index (κ1) is 17.6. The Hall–Kier alpha value is -2.77. The smallest absolute Gasteiger partial charge is 0.251 e. The summed E-state index contributed by atoms with van der Waals surface area (Å²) in [6.07, 6.45) is 5.37. The summed E-state index contributed by atoms with van der Waals surface area (Å²) in [5.74, 6) is 0.604. The minimum Gasteiger partial charge on any atom is -0.326 e. The number of hydrogen-bond donors (Lipinski definition) is 2. The third-order valence-electron chi connectivity index (χ3n) is 4.89. The zero-order chi connectivity index (χ0) is 18.6. The highest BCUT2D eigenvalue weighted by atomic mass is 16.1. The Labute approximate surface area is 157 Å². The van der Waals surface area contributed by atoms with E-state index in [-0.39, 0.29) is 5.56 Å². The molecule has 1 saturated heterocycles. The lowest BCUT2D eigenvalue weighted by Crippen LogP contribution is -2.26. The topological polar surface area (TPSA) is 92.8 Å². The summed E-state index contributed by atoms with van der Waals surface area (Å²) in [6.45, 7) is 3.60. The third-order valence-corrected chi connectivity index (χ3v) is 4.89. The average Bonchev–Trinajstić information content (AvgIpc) is 3.32. The molecule has 27 heavy (non-hydrogen) atoms. The molecule has 3 heterocycles. The van der Waals surface area contributed by atoms with Crippen LogP contribution in [0.2, 0.25) is 0 Å². The summed E-state index contributed by atoms with van der Waals surface area (Å²) in [7, 11) is 0. The van der Waals surface area contributed by atoms with Crippen LogP contribution in [-0.2, 0) is 19.5 Å². The van der Waals surface area contributed by atoms with Gasteiger partial charge in [0, 0.05) is 62.7 Å². The summed E-state index contributed by atoms with van der Waals surface area (Å²) < 4.78 is 1.83. The van der Waals surface area contributed by atoms with Crippen LogP contribution in [0.25, 0.3) is 11.4 Å². The second-order valence-corrected chi connectivity index (χ2v) is 7.09. The molecule has 1 aliphatic heterocycles. The molecule has 0 amide bonds. The zero-order valence-corrected chi connectivity index (χ0v) is 15.2. The maximum absolute atomic E-state index is 12.0. The highest BCUT2D eigenvalue weighted by Crippen LogP contribution is 2.17. The summed E-state index contributed by atoms with van der Waals surface area (Å²) in [6, 6.07) is 11.9. The molecule has 7 heteroatoms. The molecule has 0 unspecified atom stereocenters. The van der Waals surface area contributed by atoms with Gasteiger partial charge < -0.3 is 10.7 Å². The van der Waals surface area contributed by atoms with E-state index in [0.29, 0.717) is 24.8 Å². The minimum atomic E-state index is -0.134. The van der Waals surface area contributed by atoms with E-state index in [1.165, 1.54) is 5.56 Å². The molecule has 1 aromatic carbocycles. The second kappa shape index (κ2) is 7.85. The van der Waals surface area contributed by atoms with Gasteiger partial charge in [0.25, 0.3) is 5.56 Å². The molecule has 3 N–H and O–H groups in total. The van der Waals surface area contributed by atoms with Gasteiger partial charge in [-0.1, -0.05) is 24.3 Å². The first-order valence-electron chi connectivity index (χ1n) is 9.30. The van der Waals surface area contributed by atoms with Crippen molar-refractivity contribution >= 4 is 0 Å². The molecule has 0 spiro atoms. The third kappa shape index (κ3) is 4.50. The molecule has 1 fully saturated rings. The molecule has 140 valence electrons. The number of likely N-dealkylation sites (tertiary alicyclic amines) is 1. The zero-order valence-electron chi connectivity index (χ0n) is 15.2. The van der Waals surface area contributed by atoms with Crippen molar-refractivity contribution in [2.24, 2.45) is 5.73 Å². The van der Waals surface area contributed by atoms with E-state index in [2.05, 4.69) is 32.1 Å². The lowest BCUT2D eigenvalue weighted by Gasteiger charge is -2.15. The first-order chi connectivity index (χ1) is 13.2. The van der Waals surface area contributed by atoms with Crippen LogP contribution in [0.1, 0.15) is 17.7 Å². The van der Waals surface area contributed by atoms with Crippen LogP contribution < -0.4 is 11.3 Å². The number of hydrogen-bond acceptors (Lipinski definition) is 5. The van der Waals surface area contributed by atoms with E-state index >= 15 is 0 Å². The summed E-state index contributed by atoms with van der Waals surface area (Å²) in [4.78, 5) is 21.9. The Bertz CT molecular complexity index is 932. The van der Waals surface area contributed by atoms with Crippen molar-refractivity contribution in [2.75, 3.05) is 13.1 Å². The number of aryl methyl sites for hydroxylation is 2. The van der Waals surface area contributed by atoms with Gasteiger partial charge in [-0.15, -0.1) is 0 Å². The van der Waals surface area contributed by atoms with Crippen molar-refractivity contribution in [1.29, 1.82) is 0 Å². The molecular weight excluding hydrogens is 340 g/mol. The maximum Gasteiger partial charge on any atom is 0.251 e. The Balaban J connectivity index is 1.46. The van der Waals surface area contributed by atoms with Crippen molar-refractivity contribution in [3.05, 3.63) is 70.4 Å². The number of rotatable bonds is 6. The number of aromatic amines is 1. The fourth-order valence-corrected chi connectivity index (χ4v) is 3.47. The number of H-pyrrole nitrogens is 1. The summed E-state index contributed by atoms with van der Waals surface area (Å²) in [5, 5.41) is 4.18. The van der Waals surface area contributed by atoms with Gasteiger partial charge in [-0.25, -0.2) is 4.98 Å². The Morgan fingerprint density at radius 3 is 2.81 bits per heavy atom. The van der Waals surface area contributed by atoms with E-state index in [1.807, 2.05) is 29.1 Å². The number of aromatic nitrogens is 4. The van der Waals surface area contributed by atoms with Gasteiger partial charge in [0.1, 0.15) is 5.82 Å². The van der Waals surface area contributed by atoms with Crippen LogP contribution in [0.5, 0.6) is 0 Å². The normalized spacial score (nSPS) is 17.4. The van der Waals surface area contributed by atoms with Gasteiger partial charge in [-0.3, -0.25) is 14.4 Å². The van der Waals surface area contributed by atoms with Crippen molar-refractivity contribution < 1.29 is 0 Å². The number of nitrogens with two attached hydrogens (primary N) is 1. The molecule has 0 aliphatic carbocycles. The van der Waals surface area contributed by atoms with Crippen LogP contribution in [0, 0.1) is 0 Å². The molecule has 1 atom stereocenters. The molecule has 0 saturated carbocycles. The highest BCUT2D eigenvalue weighted by Gasteiger charge is 2.18. The first-order valence-corrected chi connectivity index (χ1v) is 9.30. The van der Waals surface area contributed by atoms with E-state index in [9.17, 15) is 4.79 Å². The van der Waals surface area contributed by atoms with Crippen molar-refractivity contribution in [3.8, 4) is 11.4 Å². The molecule has 7 nitrogen and oxygen atoms in total. The Kier molecular flexibility index (Phi) is 5.13. The van der Waals surface area contributed by atoms with Gasteiger partial charge in [0.2, 0.25) is 0 Å². The molecular formula is C20H24N6O. The lowest BCUT2D eigenvalue weighted by molar-refractivity contribution is 0.327. The van der Waals surface area contributed by atoms with Gasteiger partial charge in [-0.2, -0.15) is 5.10 Å². The second-order valence-electron chi connectivity index (χ2n) is 7.09. The van der Waals surface area contributed by atoms with E-state index in [4.69, 9.17) is 5.73 Å². The van der Waals surface area contributed by atoms with Gasteiger partial charge in [-0.05, 0) is 18.1 Å². The van der Waals surface area contributed by atoms with Crippen molar-refractivity contribution in [1.82, 2.24) is 24.6 Å². The summed E-state index contributed by atoms with van der Waals surface area (Å²) >= 11 is 0. The molecule has 2 aromatic heterocycles. The molecule has 0 radical (unpaired) electrons. The number of benzene rings is 1. The van der Waals surface area contributed by atoms with E-state index < -0.39 is 0 Å².